The Balaban J connectivity index is 1.66. The van der Waals surface area contributed by atoms with E-state index in [0.29, 0.717) is 42.9 Å². The zero-order valence-electron chi connectivity index (χ0n) is 17.9. The molecule has 5 rings (SSSR count). The van der Waals surface area contributed by atoms with Gasteiger partial charge < -0.3 is 15.5 Å². The molecule has 1 amide bonds. The second-order valence-electron chi connectivity index (χ2n) is 7.95. The van der Waals surface area contributed by atoms with E-state index in [-0.39, 0.29) is 28.0 Å². The first-order chi connectivity index (χ1) is 15.9. The molecule has 0 atom stereocenters. The Labute approximate surface area is 193 Å². The third kappa shape index (κ3) is 3.45. The summed E-state index contributed by atoms with van der Waals surface area (Å²) in [6, 6.07) is 5.46. The number of piperazine rings is 1. The van der Waals surface area contributed by atoms with Gasteiger partial charge in [0.1, 0.15) is 11.3 Å². The molecule has 168 valence electrons. The average molecular weight is 466 g/mol. The highest BCUT2D eigenvalue weighted by atomic mass is 35.5. The van der Waals surface area contributed by atoms with Gasteiger partial charge in [-0.05, 0) is 30.7 Å². The van der Waals surface area contributed by atoms with Gasteiger partial charge in [0.2, 0.25) is 11.9 Å². The molecule has 8 nitrogen and oxygen atoms in total. The van der Waals surface area contributed by atoms with Crippen LogP contribution in [0.25, 0.3) is 32.9 Å². The summed E-state index contributed by atoms with van der Waals surface area (Å²) in [5.41, 5.74) is 8.62. The number of nitrogens with two attached hydrogens (primary N) is 1. The molecule has 10 heteroatoms. The molecule has 0 unspecified atom stereocenters. The zero-order chi connectivity index (χ0) is 23.3. The van der Waals surface area contributed by atoms with Crippen molar-refractivity contribution in [3.63, 3.8) is 0 Å². The maximum Gasteiger partial charge on any atom is 0.246 e. The summed E-state index contributed by atoms with van der Waals surface area (Å²) in [6.07, 6.45) is 2.95. The lowest BCUT2D eigenvalue weighted by Crippen LogP contribution is -2.48. The van der Waals surface area contributed by atoms with Gasteiger partial charge in [-0.15, -0.1) is 0 Å². The van der Waals surface area contributed by atoms with E-state index in [9.17, 15) is 4.79 Å². The molecular weight excluding hydrogens is 445 g/mol. The SMILES string of the molecule is C=CC(=O)N1CCN(c2nc(N)nc3c(F)c(-c4c(C)ccc5[nH]ncc45)c(Cl)cc23)CC1. The van der Waals surface area contributed by atoms with E-state index in [2.05, 4.69) is 26.7 Å². The van der Waals surface area contributed by atoms with Crippen LogP contribution in [0.1, 0.15) is 5.56 Å². The second kappa shape index (κ2) is 8.00. The number of rotatable bonds is 3. The number of nitrogens with zero attached hydrogens (tertiary/aromatic N) is 5. The summed E-state index contributed by atoms with van der Waals surface area (Å²) in [4.78, 5) is 24.2. The van der Waals surface area contributed by atoms with Crippen LogP contribution in [0.4, 0.5) is 16.2 Å². The Bertz CT molecular complexity index is 1430. The van der Waals surface area contributed by atoms with E-state index in [1.165, 1.54) is 6.08 Å². The van der Waals surface area contributed by atoms with Crippen LogP contribution in [0.2, 0.25) is 5.02 Å². The Kier molecular flexibility index (Phi) is 5.13. The largest absolute Gasteiger partial charge is 0.368 e. The predicted octanol–water partition coefficient (Wildman–Crippen LogP) is 3.69. The van der Waals surface area contributed by atoms with E-state index < -0.39 is 5.82 Å². The predicted molar refractivity (Wildman–Crippen MR) is 128 cm³/mol. The van der Waals surface area contributed by atoms with E-state index in [1.54, 1.807) is 17.2 Å². The van der Waals surface area contributed by atoms with Gasteiger partial charge in [-0.3, -0.25) is 9.89 Å². The fourth-order valence-electron chi connectivity index (χ4n) is 4.39. The fourth-order valence-corrected chi connectivity index (χ4v) is 4.68. The molecule has 2 aromatic heterocycles. The number of aromatic amines is 1. The first kappa shape index (κ1) is 21.1. The number of carbonyl (C=O) groups excluding carboxylic acids is 1. The van der Waals surface area contributed by atoms with Crippen LogP contribution in [0.15, 0.2) is 37.1 Å². The number of nitrogens with one attached hydrogen (secondary N) is 1. The highest BCUT2D eigenvalue weighted by Crippen LogP contribution is 2.41. The van der Waals surface area contributed by atoms with Gasteiger partial charge >= 0.3 is 0 Å². The lowest BCUT2D eigenvalue weighted by molar-refractivity contribution is -0.126. The van der Waals surface area contributed by atoms with Crippen LogP contribution in [-0.2, 0) is 4.79 Å². The van der Waals surface area contributed by atoms with Crippen molar-refractivity contribution in [1.29, 1.82) is 0 Å². The number of hydrogen-bond donors (Lipinski definition) is 2. The van der Waals surface area contributed by atoms with Crippen LogP contribution in [0, 0.1) is 12.7 Å². The summed E-state index contributed by atoms with van der Waals surface area (Å²) < 4.78 is 16.0. The van der Waals surface area contributed by atoms with Gasteiger partial charge in [0, 0.05) is 48.1 Å². The number of anilines is 2. The van der Waals surface area contributed by atoms with Crippen molar-refractivity contribution in [3.05, 3.63) is 53.5 Å². The molecule has 1 aliphatic rings. The van der Waals surface area contributed by atoms with Crippen molar-refractivity contribution >= 4 is 51.1 Å². The average Bonchev–Trinajstić information content (AvgIpc) is 3.29. The van der Waals surface area contributed by atoms with Crippen molar-refractivity contribution in [2.45, 2.75) is 6.92 Å². The van der Waals surface area contributed by atoms with Crippen LogP contribution < -0.4 is 10.6 Å². The van der Waals surface area contributed by atoms with Crippen molar-refractivity contribution in [2.75, 3.05) is 36.8 Å². The third-order valence-corrected chi connectivity index (χ3v) is 6.33. The van der Waals surface area contributed by atoms with Gasteiger partial charge in [0.05, 0.1) is 16.7 Å². The molecule has 0 radical (unpaired) electrons. The molecule has 1 fully saturated rings. The van der Waals surface area contributed by atoms with Crippen LogP contribution in [0.3, 0.4) is 0 Å². The molecule has 33 heavy (non-hydrogen) atoms. The van der Waals surface area contributed by atoms with Crippen LogP contribution in [0.5, 0.6) is 0 Å². The van der Waals surface area contributed by atoms with Gasteiger partial charge in [0.15, 0.2) is 5.82 Å². The number of nitrogen functional groups attached to an aromatic ring is 1. The first-order valence-electron chi connectivity index (χ1n) is 10.4. The molecule has 0 aliphatic carbocycles. The lowest BCUT2D eigenvalue weighted by atomic mass is 9.95. The minimum Gasteiger partial charge on any atom is -0.368 e. The number of halogens is 2. The van der Waals surface area contributed by atoms with E-state index in [4.69, 9.17) is 17.3 Å². The van der Waals surface area contributed by atoms with Crippen molar-refractivity contribution in [3.8, 4) is 11.1 Å². The number of H-pyrrole nitrogens is 1. The summed E-state index contributed by atoms with van der Waals surface area (Å²) >= 11 is 6.68. The molecule has 3 N–H and O–H groups in total. The smallest absolute Gasteiger partial charge is 0.246 e. The number of fused-ring (bicyclic) bond motifs is 2. The van der Waals surface area contributed by atoms with Gasteiger partial charge in [-0.2, -0.15) is 10.1 Å². The van der Waals surface area contributed by atoms with Crippen molar-refractivity contribution in [1.82, 2.24) is 25.1 Å². The normalized spacial score (nSPS) is 14.3. The lowest BCUT2D eigenvalue weighted by Gasteiger charge is -2.35. The second-order valence-corrected chi connectivity index (χ2v) is 8.36. The minimum atomic E-state index is -0.565. The summed E-state index contributed by atoms with van der Waals surface area (Å²) in [5, 5.41) is 8.47. The number of aryl methyl sites for hydroxylation is 1. The van der Waals surface area contributed by atoms with E-state index in [1.807, 2.05) is 24.0 Å². The summed E-state index contributed by atoms with van der Waals surface area (Å²) in [6.45, 7) is 7.44. The Morgan fingerprint density at radius 3 is 2.70 bits per heavy atom. The van der Waals surface area contributed by atoms with Crippen LogP contribution >= 0.6 is 11.6 Å². The third-order valence-electron chi connectivity index (χ3n) is 6.03. The van der Waals surface area contributed by atoms with Gasteiger partial charge in [0.25, 0.3) is 0 Å². The number of aromatic nitrogens is 4. The van der Waals surface area contributed by atoms with E-state index in [0.717, 1.165) is 16.5 Å². The maximum absolute atomic E-state index is 16.0. The number of carbonyl (C=O) groups is 1. The molecule has 1 saturated heterocycles. The molecule has 1 aliphatic heterocycles. The fraction of sp³-hybridized carbons (Fsp3) is 0.217. The molecule has 0 spiro atoms. The van der Waals surface area contributed by atoms with Crippen molar-refractivity contribution < 1.29 is 9.18 Å². The Hall–Kier alpha value is -3.72. The topological polar surface area (TPSA) is 104 Å². The zero-order valence-corrected chi connectivity index (χ0v) is 18.7. The standard InChI is InChI=1S/C23H21ClFN7O/c1-3-17(33)31-6-8-32(9-7-31)22-13-10-15(24)19(20(25)21(13)28-23(26)29-22)18-12(2)4-5-16-14(18)11-27-30-16/h3-5,10-11H,1,6-9H2,2H3,(H,27,30)(H2,26,28,29). The van der Waals surface area contributed by atoms with Crippen LogP contribution in [-0.4, -0.2) is 57.2 Å². The molecule has 2 aromatic carbocycles. The van der Waals surface area contributed by atoms with Crippen molar-refractivity contribution in [2.24, 2.45) is 0 Å². The maximum atomic E-state index is 16.0. The molecule has 4 aromatic rings. The summed E-state index contributed by atoms with van der Waals surface area (Å²) in [5.74, 6) is -0.226. The first-order valence-corrected chi connectivity index (χ1v) is 10.8. The van der Waals surface area contributed by atoms with E-state index >= 15 is 4.39 Å². The van der Waals surface area contributed by atoms with Gasteiger partial charge in [-0.25, -0.2) is 9.37 Å². The quantitative estimate of drug-likeness (QED) is 0.447. The number of benzene rings is 2. The Morgan fingerprint density at radius 1 is 1.21 bits per heavy atom. The molecule has 0 bridgehead atoms. The molecular formula is C23H21ClFN7O. The number of amides is 1. The van der Waals surface area contributed by atoms with Gasteiger partial charge in [-0.1, -0.05) is 24.2 Å². The minimum absolute atomic E-state index is 0.0347. The monoisotopic (exact) mass is 465 g/mol. The highest BCUT2D eigenvalue weighted by Gasteiger charge is 2.26. The number of hydrogen-bond acceptors (Lipinski definition) is 6. The summed E-state index contributed by atoms with van der Waals surface area (Å²) in [7, 11) is 0. The highest BCUT2D eigenvalue weighted by molar-refractivity contribution is 6.35. The molecule has 3 heterocycles. The Morgan fingerprint density at radius 2 is 1.97 bits per heavy atom. The molecule has 0 saturated carbocycles.